The van der Waals surface area contributed by atoms with Gasteiger partial charge in [-0.05, 0) is 20.3 Å². The quantitative estimate of drug-likeness (QED) is 0.759. The van der Waals surface area contributed by atoms with E-state index in [9.17, 15) is 22.8 Å². The standard InChI is InChI=1S/C12H21F3N2O3/c1-4-5-9(6-10(18)19)16-11(20)17(8(2)3)7-12(13,14)15/h8-9H,4-7H2,1-3H3,(H,16,20)(H,18,19). The van der Waals surface area contributed by atoms with Crippen molar-refractivity contribution in [1.29, 1.82) is 0 Å². The third-order valence-corrected chi connectivity index (χ3v) is 2.62. The van der Waals surface area contributed by atoms with Gasteiger partial charge in [0.1, 0.15) is 6.54 Å². The van der Waals surface area contributed by atoms with Crippen LogP contribution in [0.3, 0.4) is 0 Å². The maximum Gasteiger partial charge on any atom is 0.406 e. The van der Waals surface area contributed by atoms with Gasteiger partial charge in [0.15, 0.2) is 0 Å². The Morgan fingerprint density at radius 3 is 2.20 bits per heavy atom. The van der Waals surface area contributed by atoms with E-state index in [4.69, 9.17) is 5.11 Å². The van der Waals surface area contributed by atoms with E-state index in [1.54, 1.807) is 6.92 Å². The number of nitrogens with zero attached hydrogens (tertiary/aromatic N) is 1. The van der Waals surface area contributed by atoms with E-state index in [-0.39, 0.29) is 6.42 Å². The van der Waals surface area contributed by atoms with E-state index in [2.05, 4.69) is 5.32 Å². The van der Waals surface area contributed by atoms with Crippen molar-refractivity contribution in [3.63, 3.8) is 0 Å². The Labute approximate surface area is 116 Å². The molecular weight excluding hydrogens is 277 g/mol. The molecule has 0 spiro atoms. The number of carboxylic acids is 1. The number of urea groups is 1. The molecule has 20 heavy (non-hydrogen) atoms. The van der Waals surface area contributed by atoms with Crippen LogP contribution < -0.4 is 5.32 Å². The van der Waals surface area contributed by atoms with Crippen molar-refractivity contribution < 1.29 is 27.9 Å². The SMILES string of the molecule is CCCC(CC(=O)O)NC(=O)N(CC(F)(F)F)C(C)C. The molecule has 0 radical (unpaired) electrons. The number of carbonyl (C=O) groups is 2. The summed E-state index contributed by atoms with van der Waals surface area (Å²) in [5.74, 6) is -1.10. The van der Waals surface area contributed by atoms with E-state index in [0.29, 0.717) is 17.7 Å². The molecule has 2 amide bonds. The molecule has 5 nitrogen and oxygen atoms in total. The molecule has 8 heteroatoms. The van der Waals surface area contributed by atoms with Crippen LogP contribution in [0.1, 0.15) is 40.0 Å². The summed E-state index contributed by atoms with van der Waals surface area (Å²) in [5, 5.41) is 11.1. The van der Waals surface area contributed by atoms with Crippen LogP contribution in [-0.2, 0) is 4.79 Å². The predicted molar refractivity (Wildman–Crippen MR) is 67.4 cm³/mol. The van der Waals surface area contributed by atoms with Gasteiger partial charge in [0.05, 0.1) is 6.42 Å². The highest BCUT2D eigenvalue weighted by Gasteiger charge is 2.34. The van der Waals surface area contributed by atoms with Crippen molar-refractivity contribution in [3.8, 4) is 0 Å². The van der Waals surface area contributed by atoms with Crippen LogP contribution in [0.4, 0.5) is 18.0 Å². The van der Waals surface area contributed by atoms with Crippen molar-refractivity contribution in [2.24, 2.45) is 0 Å². The zero-order chi connectivity index (χ0) is 15.9. The maximum atomic E-state index is 12.4. The fraction of sp³-hybridized carbons (Fsp3) is 0.833. The Morgan fingerprint density at radius 1 is 1.30 bits per heavy atom. The van der Waals surface area contributed by atoms with E-state index < -0.39 is 36.8 Å². The summed E-state index contributed by atoms with van der Waals surface area (Å²) in [6.45, 7) is 3.38. The summed E-state index contributed by atoms with van der Waals surface area (Å²) in [7, 11) is 0. The van der Waals surface area contributed by atoms with E-state index in [1.165, 1.54) is 13.8 Å². The van der Waals surface area contributed by atoms with Crippen molar-refractivity contribution in [1.82, 2.24) is 10.2 Å². The van der Waals surface area contributed by atoms with Gasteiger partial charge in [-0.2, -0.15) is 13.2 Å². The topological polar surface area (TPSA) is 69.6 Å². The minimum Gasteiger partial charge on any atom is -0.481 e. The molecule has 0 fully saturated rings. The minimum atomic E-state index is -4.49. The number of amides is 2. The number of carbonyl (C=O) groups excluding carboxylic acids is 1. The Balaban J connectivity index is 4.75. The van der Waals surface area contributed by atoms with Crippen LogP contribution in [-0.4, -0.2) is 46.8 Å². The number of rotatable bonds is 7. The molecule has 0 saturated carbocycles. The molecule has 0 rings (SSSR count). The second kappa shape index (κ2) is 7.96. The predicted octanol–water partition coefficient (Wildman–Crippen LogP) is 2.61. The summed E-state index contributed by atoms with van der Waals surface area (Å²) in [6.07, 6.45) is -3.78. The second-order valence-electron chi connectivity index (χ2n) is 4.87. The average Bonchev–Trinajstić information content (AvgIpc) is 2.23. The first kappa shape index (κ1) is 18.5. The lowest BCUT2D eigenvalue weighted by atomic mass is 10.1. The summed E-state index contributed by atoms with van der Waals surface area (Å²) < 4.78 is 37.2. The second-order valence-corrected chi connectivity index (χ2v) is 4.87. The lowest BCUT2D eigenvalue weighted by molar-refractivity contribution is -0.143. The number of alkyl halides is 3. The average molecular weight is 298 g/mol. The monoisotopic (exact) mass is 298 g/mol. The highest BCUT2D eigenvalue weighted by Crippen LogP contribution is 2.18. The maximum absolute atomic E-state index is 12.4. The molecular formula is C12H21F3N2O3. The normalized spacial score (nSPS) is 13.2. The highest BCUT2D eigenvalue weighted by atomic mass is 19.4. The third-order valence-electron chi connectivity index (χ3n) is 2.62. The van der Waals surface area contributed by atoms with Crippen molar-refractivity contribution >= 4 is 12.0 Å². The van der Waals surface area contributed by atoms with Crippen molar-refractivity contribution in [3.05, 3.63) is 0 Å². The molecule has 0 bridgehead atoms. The molecule has 1 unspecified atom stereocenters. The lowest BCUT2D eigenvalue weighted by Crippen LogP contribution is -2.51. The number of aliphatic carboxylic acids is 1. The van der Waals surface area contributed by atoms with Gasteiger partial charge < -0.3 is 15.3 Å². The molecule has 0 saturated heterocycles. The summed E-state index contributed by atoms with van der Waals surface area (Å²) >= 11 is 0. The smallest absolute Gasteiger partial charge is 0.406 e. The van der Waals surface area contributed by atoms with Gasteiger partial charge in [-0.1, -0.05) is 13.3 Å². The molecule has 0 aliphatic rings. The summed E-state index contributed by atoms with van der Waals surface area (Å²) in [4.78, 5) is 23.1. The fourth-order valence-electron chi connectivity index (χ4n) is 1.72. The van der Waals surface area contributed by atoms with Gasteiger partial charge in [0.2, 0.25) is 0 Å². The molecule has 0 aliphatic carbocycles. The van der Waals surface area contributed by atoms with Crippen LogP contribution >= 0.6 is 0 Å². The molecule has 0 aromatic carbocycles. The summed E-state index contributed by atoms with van der Waals surface area (Å²) in [5.41, 5.74) is 0. The number of halogens is 3. The van der Waals surface area contributed by atoms with Crippen LogP contribution in [0.2, 0.25) is 0 Å². The number of hydrogen-bond donors (Lipinski definition) is 2. The Morgan fingerprint density at radius 2 is 1.85 bits per heavy atom. The van der Waals surface area contributed by atoms with Gasteiger partial charge in [-0.15, -0.1) is 0 Å². The molecule has 0 heterocycles. The van der Waals surface area contributed by atoms with Gasteiger partial charge in [-0.25, -0.2) is 4.79 Å². The highest BCUT2D eigenvalue weighted by molar-refractivity contribution is 5.76. The zero-order valence-electron chi connectivity index (χ0n) is 11.8. The number of hydrogen-bond acceptors (Lipinski definition) is 2. The molecule has 0 aliphatic heterocycles. The van der Waals surface area contributed by atoms with Crippen molar-refractivity contribution in [2.45, 2.75) is 58.3 Å². The van der Waals surface area contributed by atoms with Crippen LogP contribution in [0.15, 0.2) is 0 Å². The molecule has 118 valence electrons. The first-order chi connectivity index (χ1) is 9.06. The largest absolute Gasteiger partial charge is 0.481 e. The molecule has 0 aromatic heterocycles. The molecule has 0 aromatic rings. The number of nitrogens with one attached hydrogen (secondary N) is 1. The van der Waals surface area contributed by atoms with Gasteiger partial charge in [0, 0.05) is 12.1 Å². The molecule has 1 atom stereocenters. The van der Waals surface area contributed by atoms with Crippen LogP contribution in [0.25, 0.3) is 0 Å². The van der Waals surface area contributed by atoms with E-state index in [1.807, 2.05) is 0 Å². The zero-order valence-corrected chi connectivity index (χ0v) is 11.8. The van der Waals surface area contributed by atoms with Gasteiger partial charge in [0.25, 0.3) is 0 Å². The summed E-state index contributed by atoms with van der Waals surface area (Å²) in [6, 6.07) is -2.19. The molecule has 2 N–H and O–H groups in total. The Kier molecular flexibility index (Phi) is 7.38. The van der Waals surface area contributed by atoms with E-state index in [0.717, 1.165) is 0 Å². The number of carboxylic acid groups (broad SMARTS) is 1. The fourth-order valence-corrected chi connectivity index (χ4v) is 1.72. The lowest BCUT2D eigenvalue weighted by Gasteiger charge is -2.29. The minimum absolute atomic E-state index is 0.308. The van der Waals surface area contributed by atoms with Gasteiger partial charge in [-0.3, -0.25) is 4.79 Å². The first-order valence-electron chi connectivity index (χ1n) is 6.42. The first-order valence-corrected chi connectivity index (χ1v) is 6.42. The van der Waals surface area contributed by atoms with E-state index >= 15 is 0 Å². The Hall–Kier alpha value is -1.47. The van der Waals surface area contributed by atoms with Crippen LogP contribution in [0.5, 0.6) is 0 Å². The van der Waals surface area contributed by atoms with Crippen molar-refractivity contribution in [2.75, 3.05) is 6.54 Å². The Bertz CT molecular complexity index is 332. The third kappa shape index (κ3) is 7.85. The van der Waals surface area contributed by atoms with Crippen LogP contribution in [0, 0.1) is 0 Å². The van der Waals surface area contributed by atoms with Gasteiger partial charge >= 0.3 is 18.2 Å².